The van der Waals surface area contributed by atoms with Gasteiger partial charge in [-0.2, -0.15) is 0 Å². The highest BCUT2D eigenvalue weighted by atomic mass is 127. The number of benzene rings is 1. The smallest absolute Gasteiger partial charge is 0.224 e. The van der Waals surface area contributed by atoms with E-state index >= 15 is 0 Å². The van der Waals surface area contributed by atoms with Gasteiger partial charge in [0.25, 0.3) is 0 Å². The van der Waals surface area contributed by atoms with Crippen molar-refractivity contribution in [2.45, 2.75) is 26.3 Å². The summed E-state index contributed by atoms with van der Waals surface area (Å²) in [5.74, 6) is 2.83. The van der Waals surface area contributed by atoms with Crippen molar-refractivity contribution >= 4 is 29.9 Å². The molecule has 0 aliphatic rings. The molecule has 7 nitrogen and oxygen atoms in total. The van der Waals surface area contributed by atoms with Crippen molar-refractivity contribution in [3.63, 3.8) is 0 Å². The van der Waals surface area contributed by atoms with Crippen LogP contribution in [0.25, 0.3) is 0 Å². The second kappa shape index (κ2) is 14.9. The minimum Gasteiger partial charge on any atom is -0.494 e. The number of ether oxygens (including phenoxy) is 3. The summed E-state index contributed by atoms with van der Waals surface area (Å²) in [6.45, 7) is 4.84. The van der Waals surface area contributed by atoms with E-state index in [1.54, 1.807) is 20.4 Å². The largest absolute Gasteiger partial charge is 0.494 e. The minimum atomic E-state index is 0. The number of aromatic nitrogens is 1. The Morgan fingerprint density at radius 2 is 1.83 bits per heavy atom. The van der Waals surface area contributed by atoms with Crippen LogP contribution in [0.5, 0.6) is 17.4 Å². The van der Waals surface area contributed by atoms with Crippen molar-refractivity contribution in [2.24, 2.45) is 4.99 Å². The molecule has 0 radical (unpaired) electrons. The summed E-state index contributed by atoms with van der Waals surface area (Å²) in [5, 5.41) is 6.53. The molecule has 0 spiro atoms. The molecule has 2 rings (SSSR count). The van der Waals surface area contributed by atoms with Gasteiger partial charge in [0.1, 0.15) is 11.5 Å². The quantitative estimate of drug-likeness (QED) is 0.205. The number of halogens is 1. The van der Waals surface area contributed by atoms with Gasteiger partial charge in [-0.1, -0.05) is 13.0 Å². The molecule has 0 unspecified atom stereocenters. The van der Waals surface area contributed by atoms with Crippen LogP contribution in [-0.2, 0) is 11.3 Å². The van der Waals surface area contributed by atoms with E-state index in [0.717, 1.165) is 36.7 Å². The van der Waals surface area contributed by atoms with Gasteiger partial charge in [0.15, 0.2) is 5.96 Å². The fraction of sp³-hybridized carbons (Fsp3) is 0.429. The minimum absolute atomic E-state index is 0. The van der Waals surface area contributed by atoms with Crippen molar-refractivity contribution < 1.29 is 14.2 Å². The molecule has 0 saturated carbocycles. The number of methoxy groups -OCH3 is 1. The number of guanidine groups is 1. The van der Waals surface area contributed by atoms with E-state index < -0.39 is 0 Å². The van der Waals surface area contributed by atoms with Gasteiger partial charge >= 0.3 is 0 Å². The average Bonchev–Trinajstić information content (AvgIpc) is 2.74. The molecule has 0 atom stereocenters. The maximum atomic E-state index is 5.96. The lowest BCUT2D eigenvalue weighted by molar-refractivity contribution is 0.195. The zero-order valence-corrected chi connectivity index (χ0v) is 19.6. The Morgan fingerprint density at radius 1 is 1.07 bits per heavy atom. The Kier molecular flexibility index (Phi) is 12.8. The molecule has 0 amide bonds. The van der Waals surface area contributed by atoms with E-state index in [0.29, 0.717) is 31.4 Å². The zero-order valence-electron chi connectivity index (χ0n) is 17.3. The van der Waals surface area contributed by atoms with E-state index in [9.17, 15) is 0 Å². The van der Waals surface area contributed by atoms with Gasteiger partial charge in [-0.15, -0.1) is 24.0 Å². The van der Waals surface area contributed by atoms with Crippen LogP contribution in [0.1, 0.15) is 25.3 Å². The Morgan fingerprint density at radius 3 is 2.52 bits per heavy atom. The molecule has 2 aromatic rings. The molecule has 0 saturated heterocycles. The standard InChI is InChI=1S/C21H30N4O3.HI/c1-4-14-27-18-8-10-19(11-9-18)28-20-17(7-5-12-23-20)16-25-21(22-2)24-13-6-15-26-3;/h5,7-12H,4,6,13-16H2,1-3H3,(H2,22,24,25);1H. The van der Waals surface area contributed by atoms with Crippen LogP contribution in [0.3, 0.4) is 0 Å². The summed E-state index contributed by atoms with van der Waals surface area (Å²) in [4.78, 5) is 8.59. The van der Waals surface area contributed by atoms with Gasteiger partial charge in [0, 0.05) is 45.6 Å². The fourth-order valence-electron chi connectivity index (χ4n) is 2.41. The maximum absolute atomic E-state index is 5.96. The van der Waals surface area contributed by atoms with E-state index in [1.165, 1.54) is 0 Å². The molecular weight excluding hydrogens is 483 g/mol. The van der Waals surface area contributed by atoms with E-state index in [2.05, 4.69) is 27.5 Å². The third kappa shape index (κ3) is 9.31. The second-order valence-electron chi connectivity index (χ2n) is 6.09. The molecule has 1 aromatic heterocycles. The van der Waals surface area contributed by atoms with Crippen molar-refractivity contribution in [3.05, 3.63) is 48.2 Å². The van der Waals surface area contributed by atoms with Crippen LogP contribution >= 0.6 is 24.0 Å². The lowest BCUT2D eigenvalue weighted by Crippen LogP contribution is -2.37. The molecule has 160 valence electrons. The van der Waals surface area contributed by atoms with E-state index in [4.69, 9.17) is 14.2 Å². The fourth-order valence-corrected chi connectivity index (χ4v) is 2.41. The molecule has 29 heavy (non-hydrogen) atoms. The molecule has 0 aliphatic carbocycles. The number of nitrogens with one attached hydrogen (secondary N) is 2. The van der Waals surface area contributed by atoms with Gasteiger partial charge in [-0.05, 0) is 43.2 Å². The van der Waals surface area contributed by atoms with Gasteiger partial charge in [0.05, 0.1) is 6.61 Å². The van der Waals surface area contributed by atoms with Crippen LogP contribution in [0.15, 0.2) is 47.6 Å². The second-order valence-corrected chi connectivity index (χ2v) is 6.09. The van der Waals surface area contributed by atoms with Crippen molar-refractivity contribution in [1.29, 1.82) is 0 Å². The predicted molar refractivity (Wildman–Crippen MR) is 127 cm³/mol. The normalized spacial score (nSPS) is 10.8. The predicted octanol–water partition coefficient (Wildman–Crippen LogP) is 3.98. The zero-order chi connectivity index (χ0) is 20.0. The molecule has 8 heteroatoms. The topological polar surface area (TPSA) is 77.0 Å². The Labute approximate surface area is 190 Å². The first-order chi connectivity index (χ1) is 13.8. The van der Waals surface area contributed by atoms with E-state index in [1.807, 2.05) is 36.4 Å². The number of pyridine rings is 1. The highest BCUT2D eigenvalue weighted by Gasteiger charge is 2.08. The van der Waals surface area contributed by atoms with Crippen molar-refractivity contribution in [3.8, 4) is 17.4 Å². The van der Waals surface area contributed by atoms with Gasteiger partial charge in [-0.3, -0.25) is 4.99 Å². The monoisotopic (exact) mass is 514 g/mol. The van der Waals surface area contributed by atoms with E-state index in [-0.39, 0.29) is 24.0 Å². The Bertz CT molecular complexity index is 726. The molecular formula is C21H31IN4O3. The number of nitrogens with zero attached hydrogens (tertiary/aromatic N) is 2. The Hall–Kier alpha value is -2.07. The molecule has 0 aliphatic heterocycles. The highest BCUT2D eigenvalue weighted by molar-refractivity contribution is 14.0. The molecule has 1 aromatic carbocycles. The summed E-state index contributed by atoms with van der Waals surface area (Å²) < 4.78 is 16.6. The first-order valence-corrected chi connectivity index (χ1v) is 9.55. The summed E-state index contributed by atoms with van der Waals surface area (Å²) in [6, 6.07) is 11.4. The molecule has 0 fully saturated rings. The number of hydrogen-bond acceptors (Lipinski definition) is 5. The molecule has 1 heterocycles. The van der Waals surface area contributed by atoms with Crippen LogP contribution in [-0.4, -0.2) is 44.9 Å². The summed E-state index contributed by atoms with van der Waals surface area (Å²) in [6.07, 6.45) is 3.61. The SMILES string of the molecule is CCCOc1ccc(Oc2ncccc2CNC(=NC)NCCCOC)cc1.I. The summed E-state index contributed by atoms with van der Waals surface area (Å²) in [5.41, 5.74) is 0.939. The summed E-state index contributed by atoms with van der Waals surface area (Å²) >= 11 is 0. The van der Waals surface area contributed by atoms with Crippen molar-refractivity contribution in [2.75, 3.05) is 33.9 Å². The van der Waals surface area contributed by atoms with Crippen LogP contribution in [0.4, 0.5) is 0 Å². The third-order valence-corrected chi connectivity index (χ3v) is 3.85. The highest BCUT2D eigenvalue weighted by Crippen LogP contribution is 2.25. The van der Waals surface area contributed by atoms with Gasteiger partial charge in [-0.25, -0.2) is 4.98 Å². The number of aliphatic imine (C=N–C) groups is 1. The Balaban J connectivity index is 0.00000420. The molecule has 2 N–H and O–H groups in total. The number of hydrogen-bond donors (Lipinski definition) is 2. The first kappa shape index (κ1) is 25.0. The van der Waals surface area contributed by atoms with Crippen molar-refractivity contribution in [1.82, 2.24) is 15.6 Å². The lowest BCUT2D eigenvalue weighted by atomic mass is 10.2. The third-order valence-electron chi connectivity index (χ3n) is 3.85. The average molecular weight is 514 g/mol. The first-order valence-electron chi connectivity index (χ1n) is 9.55. The van der Waals surface area contributed by atoms with Crippen LogP contribution in [0.2, 0.25) is 0 Å². The molecule has 0 bridgehead atoms. The van der Waals surface area contributed by atoms with Gasteiger partial charge in [0.2, 0.25) is 5.88 Å². The van der Waals surface area contributed by atoms with Crippen LogP contribution in [0, 0.1) is 0 Å². The lowest BCUT2D eigenvalue weighted by Gasteiger charge is -2.14. The summed E-state index contributed by atoms with van der Waals surface area (Å²) in [7, 11) is 3.44. The van der Waals surface area contributed by atoms with Crippen LogP contribution < -0.4 is 20.1 Å². The van der Waals surface area contributed by atoms with Gasteiger partial charge < -0.3 is 24.8 Å². The number of rotatable bonds is 11. The maximum Gasteiger partial charge on any atom is 0.224 e.